The predicted octanol–water partition coefficient (Wildman–Crippen LogP) is 0.496. The molecule has 5 heteroatoms. The minimum absolute atomic E-state index is 0.0946. The number of carbonyl (C=O) groups excluding carboxylic acids is 2. The first-order chi connectivity index (χ1) is 9.69. The van der Waals surface area contributed by atoms with Gasteiger partial charge in [0.2, 0.25) is 5.91 Å². The first-order valence-corrected chi connectivity index (χ1v) is 6.81. The van der Waals surface area contributed by atoms with Crippen molar-refractivity contribution in [1.82, 2.24) is 10.6 Å². The van der Waals surface area contributed by atoms with Crippen molar-refractivity contribution in [3.8, 4) is 0 Å². The maximum absolute atomic E-state index is 11.9. The molecule has 5 nitrogen and oxygen atoms in total. The van der Waals surface area contributed by atoms with Gasteiger partial charge in [-0.05, 0) is 24.6 Å². The number of ether oxygens (including phenoxy) is 1. The molecular formula is C15H20N2O3. The molecule has 0 aliphatic carbocycles. The van der Waals surface area contributed by atoms with Crippen molar-refractivity contribution in [2.45, 2.75) is 18.9 Å². The van der Waals surface area contributed by atoms with Gasteiger partial charge in [-0.1, -0.05) is 30.3 Å². The van der Waals surface area contributed by atoms with Gasteiger partial charge in [0.05, 0.1) is 7.11 Å². The number of methoxy groups -OCH3 is 1. The van der Waals surface area contributed by atoms with E-state index in [1.54, 1.807) is 0 Å². The Kier molecular flexibility index (Phi) is 5.12. The minimum Gasteiger partial charge on any atom is -0.467 e. The number of rotatable bonds is 6. The van der Waals surface area contributed by atoms with Gasteiger partial charge in [0.1, 0.15) is 6.04 Å². The Hall–Kier alpha value is -1.88. The van der Waals surface area contributed by atoms with Crippen molar-refractivity contribution in [2.75, 3.05) is 20.2 Å². The zero-order valence-electron chi connectivity index (χ0n) is 11.6. The van der Waals surface area contributed by atoms with Crippen LogP contribution >= 0.6 is 0 Å². The van der Waals surface area contributed by atoms with Gasteiger partial charge in [-0.3, -0.25) is 4.79 Å². The second kappa shape index (κ2) is 7.05. The maximum atomic E-state index is 11.9. The first kappa shape index (κ1) is 14.5. The summed E-state index contributed by atoms with van der Waals surface area (Å²) in [6.45, 7) is 1.74. The average Bonchev–Trinajstić information content (AvgIpc) is 2.42. The third-order valence-corrected chi connectivity index (χ3v) is 3.44. The number of hydrogen-bond donors (Lipinski definition) is 2. The summed E-state index contributed by atoms with van der Waals surface area (Å²) in [4.78, 5) is 23.7. The molecule has 1 atom stereocenters. The first-order valence-electron chi connectivity index (χ1n) is 6.81. The fourth-order valence-electron chi connectivity index (χ4n) is 2.19. The summed E-state index contributed by atoms with van der Waals surface area (Å²) in [5.41, 5.74) is 0.994. The smallest absolute Gasteiger partial charge is 0.328 e. The van der Waals surface area contributed by atoms with Gasteiger partial charge in [0.15, 0.2) is 0 Å². The lowest BCUT2D eigenvalue weighted by molar-refractivity contribution is -0.145. The molecule has 0 radical (unpaired) electrons. The quantitative estimate of drug-likeness (QED) is 0.742. The standard InChI is InChI=1S/C15H20N2O3/c1-20-15(19)13(7-11-5-3-2-4-6-11)17-14(18)8-12-9-16-10-12/h2-6,12-13,16H,7-10H2,1H3,(H,17,18). The topological polar surface area (TPSA) is 67.4 Å². The molecule has 2 N–H and O–H groups in total. The Morgan fingerprint density at radius 1 is 1.35 bits per heavy atom. The highest BCUT2D eigenvalue weighted by Gasteiger charge is 2.25. The molecule has 1 amide bonds. The molecule has 1 aromatic rings. The zero-order valence-corrected chi connectivity index (χ0v) is 11.6. The number of hydrogen-bond acceptors (Lipinski definition) is 4. The molecule has 0 bridgehead atoms. The van der Waals surface area contributed by atoms with Crippen LogP contribution in [0.1, 0.15) is 12.0 Å². The van der Waals surface area contributed by atoms with Crippen LogP contribution in [0.5, 0.6) is 0 Å². The number of esters is 1. The van der Waals surface area contributed by atoms with Gasteiger partial charge < -0.3 is 15.4 Å². The molecule has 0 spiro atoms. The van der Waals surface area contributed by atoms with Crippen LogP contribution < -0.4 is 10.6 Å². The van der Waals surface area contributed by atoms with E-state index < -0.39 is 12.0 Å². The van der Waals surface area contributed by atoms with Crippen LogP contribution in [0.25, 0.3) is 0 Å². The Balaban J connectivity index is 1.92. The third-order valence-electron chi connectivity index (χ3n) is 3.44. The lowest BCUT2D eigenvalue weighted by atomic mass is 9.98. The summed E-state index contributed by atoms with van der Waals surface area (Å²) in [5, 5.41) is 5.90. The molecule has 20 heavy (non-hydrogen) atoms. The molecule has 0 saturated carbocycles. The molecule has 0 aromatic heterocycles. The molecule has 1 aliphatic heterocycles. The van der Waals surface area contributed by atoms with Crippen molar-refractivity contribution >= 4 is 11.9 Å². The highest BCUT2D eigenvalue weighted by Crippen LogP contribution is 2.09. The third kappa shape index (κ3) is 4.06. The zero-order chi connectivity index (χ0) is 14.4. The molecule has 1 unspecified atom stereocenters. The molecule has 2 rings (SSSR count). The fraction of sp³-hybridized carbons (Fsp3) is 0.467. The van der Waals surface area contributed by atoms with Crippen molar-refractivity contribution in [3.63, 3.8) is 0 Å². The number of nitrogens with one attached hydrogen (secondary N) is 2. The van der Waals surface area contributed by atoms with Gasteiger partial charge in [-0.2, -0.15) is 0 Å². The SMILES string of the molecule is COC(=O)C(Cc1ccccc1)NC(=O)CC1CNC1. The van der Waals surface area contributed by atoms with Gasteiger partial charge in [0, 0.05) is 12.8 Å². The van der Waals surface area contributed by atoms with Crippen LogP contribution in [0.15, 0.2) is 30.3 Å². The predicted molar refractivity (Wildman–Crippen MR) is 75.1 cm³/mol. The maximum Gasteiger partial charge on any atom is 0.328 e. The van der Waals surface area contributed by atoms with Crippen molar-refractivity contribution in [2.24, 2.45) is 5.92 Å². The minimum atomic E-state index is -0.622. The Morgan fingerprint density at radius 3 is 2.60 bits per heavy atom. The lowest BCUT2D eigenvalue weighted by Gasteiger charge is -2.27. The van der Waals surface area contributed by atoms with E-state index in [0.29, 0.717) is 18.8 Å². The average molecular weight is 276 g/mol. The van der Waals surface area contributed by atoms with E-state index in [-0.39, 0.29) is 5.91 Å². The van der Waals surface area contributed by atoms with E-state index in [1.165, 1.54) is 7.11 Å². The Bertz CT molecular complexity index is 457. The number of amides is 1. The van der Waals surface area contributed by atoms with E-state index >= 15 is 0 Å². The summed E-state index contributed by atoms with van der Waals surface area (Å²) in [6, 6.07) is 8.97. The molecule has 1 aliphatic rings. The highest BCUT2D eigenvalue weighted by molar-refractivity contribution is 5.84. The molecule has 1 heterocycles. The van der Waals surface area contributed by atoms with E-state index in [0.717, 1.165) is 18.7 Å². The summed E-state index contributed by atoms with van der Waals surface area (Å²) >= 11 is 0. The van der Waals surface area contributed by atoms with Crippen LogP contribution in [-0.2, 0) is 20.7 Å². The number of benzene rings is 1. The second-order valence-electron chi connectivity index (χ2n) is 5.06. The Morgan fingerprint density at radius 2 is 2.05 bits per heavy atom. The molecule has 1 aromatic carbocycles. The lowest BCUT2D eigenvalue weighted by Crippen LogP contribution is -2.48. The molecular weight excluding hydrogens is 256 g/mol. The summed E-state index contributed by atoms with van der Waals surface area (Å²) in [7, 11) is 1.34. The monoisotopic (exact) mass is 276 g/mol. The van der Waals surface area contributed by atoms with Crippen molar-refractivity contribution in [3.05, 3.63) is 35.9 Å². The van der Waals surface area contributed by atoms with Gasteiger partial charge in [-0.15, -0.1) is 0 Å². The van der Waals surface area contributed by atoms with Crippen LogP contribution in [0, 0.1) is 5.92 Å². The molecule has 108 valence electrons. The summed E-state index contributed by atoms with van der Waals surface area (Å²) in [5.74, 6) is -0.123. The fourth-order valence-corrected chi connectivity index (χ4v) is 2.19. The normalized spacial score (nSPS) is 16.1. The number of carbonyl (C=O) groups is 2. The summed E-state index contributed by atoms with van der Waals surface area (Å²) in [6.07, 6.45) is 0.900. The van der Waals surface area contributed by atoms with E-state index in [1.807, 2.05) is 30.3 Å². The van der Waals surface area contributed by atoms with E-state index in [4.69, 9.17) is 4.74 Å². The van der Waals surface area contributed by atoms with Crippen molar-refractivity contribution < 1.29 is 14.3 Å². The van der Waals surface area contributed by atoms with Gasteiger partial charge in [-0.25, -0.2) is 4.79 Å². The van der Waals surface area contributed by atoms with E-state index in [2.05, 4.69) is 10.6 Å². The summed E-state index contributed by atoms with van der Waals surface area (Å²) < 4.78 is 4.76. The van der Waals surface area contributed by atoms with Crippen LogP contribution in [0.3, 0.4) is 0 Å². The van der Waals surface area contributed by atoms with Crippen LogP contribution in [0.2, 0.25) is 0 Å². The van der Waals surface area contributed by atoms with Crippen LogP contribution in [0.4, 0.5) is 0 Å². The van der Waals surface area contributed by atoms with Crippen molar-refractivity contribution in [1.29, 1.82) is 0 Å². The van der Waals surface area contributed by atoms with E-state index in [9.17, 15) is 9.59 Å². The Labute approximate surface area is 118 Å². The van der Waals surface area contributed by atoms with Gasteiger partial charge in [0.25, 0.3) is 0 Å². The van der Waals surface area contributed by atoms with Gasteiger partial charge >= 0.3 is 5.97 Å². The highest BCUT2D eigenvalue weighted by atomic mass is 16.5. The molecule has 1 saturated heterocycles. The second-order valence-corrected chi connectivity index (χ2v) is 5.06. The molecule has 1 fully saturated rings. The van der Waals surface area contributed by atoms with Crippen LogP contribution in [-0.4, -0.2) is 38.1 Å². The largest absolute Gasteiger partial charge is 0.467 e.